The van der Waals surface area contributed by atoms with Crippen molar-refractivity contribution >= 4 is 34.8 Å². The molecule has 1 amide bonds. The van der Waals surface area contributed by atoms with Gasteiger partial charge in [-0.15, -0.1) is 0 Å². The van der Waals surface area contributed by atoms with E-state index in [1.807, 2.05) is 0 Å². The molecule has 7 nitrogen and oxygen atoms in total. The fourth-order valence-electron chi connectivity index (χ4n) is 2.11. The van der Waals surface area contributed by atoms with Gasteiger partial charge >= 0.3 is 0 Å². The molecule has 25 heavy (non-hydrogen) atoms. The number of nitrogens with one attached hydrogen (secondary N) is 1. The lowest BCUT2D eigenvalue weighted by molar-refractivity contribution is -0.605. The number of rotatable bonds is 6. The zero-order valence-electron chi connectivity index (χ0n) is 13.3. The summed E-state index contributed by atoms with van der Waals surface area (Å²) in [6.45, 7) is 0.571. The van der Waals surface area contributed by atoms with Crippen molar-refractivity contribution in [2.45, 2.75) is 12.8 Å². The van der Waals surface area contributed by atoms with Gasteiger partial charge in [-0.1, -0.05) is 23.2 Å². The summed E-state index contributed by atoms with van der Waals surface area (Å²) in [5.74, 6) is 0.903. The van der Waals surface area contributed by atoms with Gasteiger partial charge in [0.05, 0.1) is 25.6 Å². The summed E-state index contributed by atoms with van der Waals surface area (Å²) in [7, 11) is 1.50. The number of nitrogens with zero attached hydrogens (tertiary/aromatic N) is 2. The van der Waals surface area contributed by atoms with Gasteiger partial charge in [0.15, 0.2) is 11.5 Å². The smallest absolute Gasteiger partial charge is 0.274 e. The Balaban J connectivity index is 1.80. The summed E-state index contributed by atoms with van der Waals surface area (Å²) in [5, 5.41) is 13.9. The number of carbonyl (C=O) groups excluding carboxylic acids is 1. The largest absolute Gasteiger partial charge is 0.619 e. The molecule has 132 valence electrons. The summed E-state index contributed by atoms with van der Waals surface area (Å²) in [6.07, 6.45) is 5.89. The van der Waals surface area contributed by atoms with Crippen LogP contribution in [0.3, 0.4) is 0 Å². The van der Waals surface area contributed by atoms with E-state index in [-0.39, 0.29) is 21.4 Å². The van der Waals surface area contributed by atoms with E-state index >= 15 is 0 Å². The van der Waals surface area contributed by atoms with E-state index in [1.54, 1.807) is 0 Å². The van der Waals surface area contributed by atoms with Gasteiger partial charge < -0.3 is 20.0 Å². The van der Waals surface area contributed by atoms with Crippen molar-refractivity contribution in [3.63, 3.8) is 0 Å². The number of hydrogen-bond acceptors (Lipinski definition) is 5. The predicted octanol–water partition coefficient (Wildman–Crippen LogP) is 3.07. The quantitative estimate of drug-likeness (QED) is 0.611. The molecular weight excluding hydrogens is 369 g/mol. The Morgan fingerprint density at radius 2 is 2.04 bits per heavy atom. The summed E-state index contributed by atoms with van der Waals surface area (Å²) in [4.78, 5) is 16.5. The van der Waals surface area contributed by atoms with Crippen molar-refractivity contribution in [1.29, 1.82) is 0 Å². The second kappa shape index (κ2) is 7.33. The molecule has 1 fully saturated rings. The highest BCUT2D eigenvalue weighted by Crippen LogP contribution is 2.33. The molecule has 0 bridgehead atoms. The van der Waals surface area contributed by atoms with Crippen molar-refractivity contribution < 1.29 is 19.0 Å². The maximum Gasteiger partial charge on any atom is 0.274 e. The SMILES string of the molecule is COc1cnc(C(=O)Nc2c(Cl)c[n+]([O-])cc2Cl)cc1OCC1CC1. The number of amides is 1. The van der Waals surface area contributed by atoms with E-state index in [4.69, 9.17) is 32.7 Å². The average Bonchev–Trinajstić information content (AvgIpc) is 3.40. The van der Waals surface area contributed by atoms with Gasteiger partial charge in [-0.05, 0) is 18.8 Å². The van der Waals surface area contributed by atoms with Gasteiger partial charge in [0.2, 0.25) is 12.4 Å². The lowest BCUT2D eigenvalue weighted by atomic mass is 10.3. The van der Waals surface area contributed by atoms with Crippen molar-refractivity contribution in [2.75, 3.05) is 19.0 Å². The van der Waals surface area contributed by atoms with Crippen LogP contribution >= 0.6 is 23.2 Å². The summed E-state index contributed by atoms with van der Waals surface area (Å²) >= 11 is 11.9. The number of aromatic nitrogens is 2. The van der Waals surface area contributed by atoms with Gasteiger partial charge in [-0.25, -0.2) is 4.98 Å². The molecule has 2 aromatic rings. The summed E-state index contributed by atoms with van der Waals surface area (Å²) in [5.41, 5.74) is 0.246. The fourth-order valence-corrected chi connectivity index (χ4v) is 2.65. The van der Waals surface area contributed by atoms with Crippen LogP contribution < -0.4 is 19.5 Å². The topological polar surface area (TPSA) is 87.4 Å². The molecule has 1 aliphatic carbocycles. The lowest BCUT2D eigenvalue weighted by Gasteiger charge is -2.12. The standard InChI is InChI=1S/C16H15Cl2N3O4/c1-24-14-5-19-12(4-13(14)25-8-9-2-3-9)16(22)20-15-10(17)6-21(23)7-11(15)18/h4-7,9H,2-3,8H2,1H3,(H,20,22). The normalized spacial score (nSPS) is 13.4. The number of ether oxygens (including phenoxy) is 2. The summed E-state index contributed by atoms with van der Waals surface area (Å²) in [6, 6.07) is 1.50. The Labute approximate surface area is 154 Å². The first-order chi connectivity index (χ1) is 12.0. The second-order valence-corrected chi connectivity index (χ2v) is 6.43. The predicted molar refractivity (Wildman–Crippen MR) is 92.4 cm³/mol. The van der Waals surface area contributed by atoms with Crippen LogP contribution in [0.2, 0.25) is 10.0 Å². The third-order valence-corrected chi connectivity index (χ3v) is 4.23. The van der Waals surface area contributed by atoms with Crippen LogP contribution in [0, 0.1) is 11.1 Å². The van der Waals surface area contributed by atoms with Crippen LogP contribution in [0.5, 0.6) is 11.5 Å². The van der Waals surface area contributed by atoms with E-state index in [1.165, 1.54) is 19.4 Å². The van der Waals surface area contributed by atoms with Crippen LogP contribution in [-0.4, -0.2) is 24.6 Å². The van der Waals surface area contributed by atoms with E-state index < -0.39 is 5.91 Å². The molecule has 1 N–H and O–H groups in total. The summed E-state index contributed by atoms with van der Waals surface area (Å²) < 4.78 is 11.4. The molecule has 2 aromatic heterocycles. The van der Waals surface area contributed by atoms with Crippen molar-refractivity contribution in [2.24, 2.45) is 5.92 Å². The highest BCUT2D eigenvalue weighted by Gasteiger charge is 2.23. The minimum absolute atomic E-state index is 0.0227. The molecule has 1 aliphatic rings. The molecule has 0 spiro atoms. The van der Waals surface area contributed by atoms with Gasteiger partial charge in [0, 0.05) is 6.07 Å². The number of carbonyl (C=O) groups is 1. The molecule has 0 atom stereocenters. The van der Waals surface area contributed by atoms with Crippen molar-refractivity contribution in [1.82, 2.24) is 4.98 Å². The molecular formula is C16H15Cl2N3O4. The first kappa shape index (κ1) is 17.6. The van der Waals surface area contributed by atoms with Crippen molar-refractivity contribution in [3.8, 4) is 11.5 Å². The zero-order chi connectivity index (χ0) is 18.0. The first-order valence-electron chi connectivity index (χ1n) is 7.54. The molecule has 0 radical (unpaired) electrons. The number of halogens is 2. The van der Waals surface area contributed by atoms with E-state index in [0.717, 1.165) is 25.2 Å². The number of anilines is 1. The van der Waals surface area contributed by atoms with Gasteiger partial charge in [0.25, 0.3) is 5.91 Å². The number of methoxy groups -OCH3 is 1. The molecule has 2 heterocycles. The van der Waals surface area contributed by atoms with E-state index in [0.29, 0.717) is 28.8 Å². The van der Waals surface area contributed by atoms with Gasteiger partial charge in [-0.2, -0.15) is 4.73 Å². The Kier molecular flexibility index (Phi) is 5.15. The first-order valence-corrected chi connectivity index (χ1v) is 8.29. The van der Waals surface area contributed by atoms with Crippen LogP contribution in [0.25, 0.3) is 0 Å². The zero-order valence-corrected chi connectivity index (χ0v) is 14.8. The Morgan fingerprint density at radius 3 is 2.64 bits per heavy atom. The molecule has 3 rings (SSSR count). The molecule has 0 aromatic carbocycles. The molecule has 9 heteroatoms. The van der Waals surface area contributed by atoms with Gasteiger partial charge in [-0.3, -0.25) is 4.79 Å². The van der Waals surface area contributed by atoms with E-state index in [2.05, 4.69) is 10.3 Å². The lowest BCUT2D eigenvalue weighted by Crippen LogP contribution is -2.26. The minimum atomic E-state index is -0.536. The number of pyridine rings is 2. The maximum atomic E-state index is 12.4. The molecule has 0 saturated heterocycles. The monoisotopic (exact) mass is 383 g/mol. The highest BCUT2D eigenvalue weighted by molar-refractivity contribution is 6.39. The van der Waals surface area contributed by atoms with Crippen molar-refractivity contribution in [3.05, 3.63) is 45.6 Å². The second-order valence-electron chi connectivity index (χ2n) is 5.62. The van der Waals surface area contributed by atoms with Crippen LogP contribution in [-0.2, 0) is 0 Å². The Bertz CT molecular complexity index is 789. The third-order valence-electron chi connectivity index (χ3n) is 3.65. The van der Waals surface area contributed by atoms with Crippen LogP contribution in [0.1, 0.15) is 23.3 Å². The van der Waals surface area contributed by atoms with Crippen LogP contribution in [0.4, 0.5) is 5.69 Å². The average molecular weight is 384 g/mol. The Hall–Kier alpha value is -2.25. The maximum absolute atomic E-state index is 12.4. The molecule has 0 aliphatic heterocycles. The third kappa shape index (κ3) is 4.24. The van der Waals surface area contributed by atoms with Crippen LogP contribution in [0.15, 0.2) is 24.7 Å². The number of hydrogen-bond donors (Lipinski definition) is 1. The molecule has 1 saturated carbocycles. The highest BCUT2D eigenvalue weighted by atomic mass is 35.5. The van der Waals surface area contributed by atoms with Gasteiger partial charge in [0.1, 0.15) is 15.7 Å². The Morgan fingerprint density at radius 1 is 1.36 bits per heavy atom. The van der Waals surface area contributed by atoms with E-state index in [9.17, 15) is 10.0 Å². The fraction of sp³-hybridized carbons (Fsp3) is 0.312. The molecule has 0 unspecified atom stereocenters. The minimum Gasteiger partial charge on any atom is -0.619 e.